The van der Waals surface area contributed by atoms with Crippen molar-refractivity contribution >= 4 is 12.0 Å². The molecular formula is C14H15FN2O3. The first-order valence-corrected chi connectivity index (χ1v) is 6.23. The molecule has 0 fully saturated rings. The third kappa shape index (κ3) is 2.79. The molecule has 1 heterocycles. The lowest BCUT2D eigenvalue weighted by atomic mass is 9.95. The topological polar surface area (TPSA) is 67.4 Å². The van der Waals surface area contributed by atoms with Crippen molar-refractivity contribution in [2.75, 3.05) is 6.61 Å². The SMILES string of the molecule is CCOC(=O)C1=C(C)NC(=O)N[C@H]1c1cccc(F)c1. The number of nitrogens with one attached hydrogen (secondary N) is 2. The zero-order valence-corrected chi connectivity index (χ0v) is 11.2. The van der Waals surface area contributed by atoms with Crippen LogP contribution in [0.1, 0.15) is 25.5 Å². The summed E-state index contributed by atoms with van der Waals surface area (Å²) in [4.78, 5) is 23.6. The van der Waals surface area contributed by atoms with E-state index in [2.05, 4.69) is 10.6 Å². The van der Waals surface area contributed by atoms with Gasteiger partial charge in [-0.25, -0.2) is 14.0 Å². The van der Waals surface area contributed by atoms with Crippen molar-refractivity contribution in [2.24, 2.45) is 0 Å². The van der Waals surface area contributed by atoms with Gasteiger partial charge in [0.05, 0.1) is 18.2 Å². The van der Waals surface area contributed by atoms with Crippen LogP contribution in [0.25, 0.3) is 0 Å². The molecule has 0 aliphatic carbocycles. The normalized spacial score (nSPS) is 18.4. The number of amides is 2. The third-order valence-corrected chi connectivity index (χ3v) is 2.95. The van der Waals surface area contributed by atoms with Crippen LogP contribution in [-0.4, -0.2) is 18.6 Å². The highest BCUT2D eigenvalue weighted by molar-refractivity contribution is 5.94. The summed E-state index contributed by atoms with van der Waals surface area (Å²) in [6, 6.07) is 4.59. The van der Waals surface area contributed by atoms with Crippen molar-refractivity contribution in [3.8, 4) is 0 Å². The van der Waals surface area contributed by atoms with Crippen LogP contribution in [0.15, 0.2) is 35.5 Å². The van der Waals surface area contributed by atoms with Gasteiger partial charge in [-0.3, -0.25) is 0 Å². The van der Waals surface area contributed by atoms with E-state index in [1.54, 1.807) is 19.9 Å². The lowest BCUT2D eigenvalue weighted by Gasteiger charge is -2.28. The molecule has 0 bridgehead atoms. The second-order valence-corrected chi connectivity index (χ2v) is 4.35. The number of halogens is 1. The van der Waals surface area contributed by atoms with E-state index in [1.807, 2.05) is 0 Å². The number of benzene rings is 1. The lowest BCUT2D eigenvalue weighted by molar-refractivity contribution is -0.139. The van der Waals surface area contributed by atoms with Crippen LogP contribution >= 0.6 is 0 Å². The first-order chi connectivity index (χ1) is 9.52. The second kappa shape index (κ2) is 5.73. The molecule has 2 N–H and O–H groups in total. The standard InChI is InChI=1S/C14H15FN2O3/c1-3-20-13(18)11-8(2)16-14(19)17-12(11)9-5-4-6-10(15)7-9/h4-7,12H,3H2,1-2H3,(H2,16,17,19)/t12-/m0/s1. The fraction of sp³-hybridized carbons (Fsp3) is 0.286. The minimum Gasteiger partial charge on any atom is -0.463 e. The third-order valence-electron chi connectivity index (χ3n) is 2.95. The Morgan fingerprint density at radius 2 is 2.20 bits per heavy atom. The number of urea groups is 1. The average Bonchev–Trinajstić information content (AvgIpc) is 2.37. The molecule has 106 valence electrons. The molecule has 1 aromatic carbocycles. The van der Waals surface area contributed by atoms with Crippen molar-refractivity contribution in [3.05, 3.63) is 46.9 Å². The monoisotopic (exact) mass is 278 g/mol. The molecule has 1 aliphatic heterocycles. The average molecular weight is 278 g/mol. The molecule has 0 aromatic heterocycles. The number of carbonyl (C=O) groups is 2. The smallest absolute Gasteiger partial charge is 0.338 e. The van der Waals surface area contributed by atoms with Gasteiger partial charge in [0.25, 0.3) is 0 Å². The zero-order chi connectivity index (χ0) is 14.7. The summed E-state index contributed by atoms with van der Waals surface area (Å²) in [6.45, 7) is 3.52. The van der Waals surface area contributed by atoms with Crippen molar-refractivity contribution in [2.45, 2.75) is 19.9 Å². The van der Waals surface area contributed by atoms with Gasteiger partial charge in [0, 0.05) is 5.70 Å². The Morgan fingerprint density at radius 3 is 2.85 bits per heavy atom. The van der Waals surface area contributed by atoms with Gasteiger partial charge in [0.2, 0.25) is 0 Å². The summed E-state index contributed by atoms with van der Waals surface area (Å²) < 4.78 is 18.3. The van der Waals surface area contributed by atoms with Crippen LogP contribution < -0.4 is 10.6 Å². The largest absolute Gasteiger partial charge is 0.463 e. The molecule has 2 rings (SSSR count). The van der Waals surface area contributed by atoms with E-state index in [9.17, 15) is 14.0 Å². The summed E-state index contributed by atoms with van der Waals surface area (Å²) >= 11 is 0. The molecule has 6 heteroatoms. The van der Waals surface area contributed by atoms with Gasteiger partial charge in [0.15, 0.2) is 0 Å². The number of rotatable bonds is 3. The summed E-state index contributed by atoms with van der Waals surface area (Å²) in [5.74, 6) is -0.970. The van der Waals surface area contributed by atoms with Gasteiger partial charge in [-0.05, 0) is 31.5 Å². The van der Waals surface area contributed by atoms with Gasteiger partial charge in [0.1, 0.15) is 5.82 Å². The molecule has 0 unspecified atom stereocenters. The van der Waals surface area contributed by atoms with E-state index in [-0.39, 0.29) is 12.2 Å². The summed E-state index contributed by atoms with van der Waals surface area (Å²) in [5, 5.41) is 5.12. The molecule has 0 radical (unpaired) electrons. The quantitative estimate of drug-likeness (QED) is 0.831. The highest BCUT2D eigenvalue weighted by atomic mass is 19.1. The predicted molar refractivity (Wildman–Crippen MR) is 70.1 cm³/mol. The molecule has 1 aromatic rings. The van der Waals surface area contributed by atoms with Crippen LogP contribution in [0.2, 0.25) is 0 Å². The Hall–Kier alpha value is -2.37. The summed E-state index contributed by atoms with van der Waals surface area (Å²) in [6.07, 6.45) is 0. The first-order valence-electron chi connectivity index (χ1n) is 6.23. The number of hydrogen-bond donors (Lipinski definition) is 2. The van der Waals surface area contributed by atoms with E-state index in [1.165, 1.54) is 18.2 Å². The highest BCUT2D eigenvalue weighted by Crippen LogP contribution is 2.27. The van der Waals surface area contributed by atoms with E-state index in [4.69, 9.17) is 4.74 Å². The van der Waals surface area contributed by atoms with Crippen LogP contribution in [0, 0.1) is 5.82 Å². The maximum Gasteiger partial charge on any atom is 0.338 e. The van der Waals surface area contributed by atoms with E-state index < -0.39 is 23.9 Å². The van der Waals surface area contributed by atoms with Crippen molar-refractivity contribution in [1.29, 1.82) is 0 Å². The highest BCUT2D eigenvalue weighted by Gasteiger charge is 2.32. The van der Waals surface area contributed by atoms with Gasteiger partial charge < -0.3 is 15.4 Å². The molecule has 20 heavy (non-hydrogen) atoms. The van der Waals surface area contributed by atoms with Crippen molar-refractivity contribution in [3.63, 3.8) is 0 Å². The van der Waals surface area contributed by atoms with Crippen molar-refractivity contribution < 1.29 is 18.7 Å². The molecule has 1 atom stereocenters. The fourth-order valence-corrected chi connectivity index (χ4v) is 2.11. The number of esters is 1. The van der Waals surface area contributed by atoms with Crippen LogP contribution in [0.5, 0.6) is 0 Å². The summed E-state index contributed by atoms with van der Waals surface area (Å²) in [7, 11) is 0. The number of carbonyl (C=O) groups excluding carboxylic acids is 2. The number of hydrogen-bond acceptors (Lipinski definition) is 3. The Morgan fingerprint density at radius 1 is 1.45 bits per heavy atom. The Kier molecular flexibility index (Phi) is 4.02. The van der Waals surface area contributed by atoms with Gasteiger partial charge in [-0.2, -0.15) is 0 Å². The van der Waals surface area contributed by atoms with E-state index in [0.717, 1.165) is 0 Å². The van der Waals surface area contributed by atoms with E-state index in [0.29, 0.717) is 11.3 Å². The van der Waals surface area contributed by atoms with Crippen LogP contribution in [0.4, 0.5) is 9.18 Å². The Labute approximate surface area is 115 Å². The minimum atomic E-state index is -0.724. The lowest BCUT2D eigenvalue weighted by Crippen LogP contribution is -2.45. The number of allylic oxidation sites excluding steroid dienone is 1. The van der Waals surface area contributed by atoms with Gasteiger partial charge in [-0.1, -0.05) is 12.1 Å². The fourth-order valence-electron chi connectivity index (χ4n) is 2.11. The van der Waals surface area contributed by atoms with Gasteiger partial charge >= 0.3 is 12.0 Å². The molecule has 0 saturated heterocycles. The Balaban J connectivity index is 2.44. The second-order valence-electron chi connectivity index (χ2n) is 4.35. The molecule has 5 nitrogen and oxygen atoms in total. The predicted octanol–water partition coefficient (Wildman–Crippen LogP) is 2.02. The minimum absolute atomic E-state index is 0.222. The maximum absolute atomic E-state index is 13.3. The summed E-state index contributed by atoms with van der Waals surface area (Å²) in [5.41, 5.74) is 1.17. The molecule has 1 aliphatic rings. The van der Waals surface area contributed by atoms with Crippen LogP contribution in [0.3, 0.4) is 0 Å². The van der Waals surface area contributed by atoms with Crippen LogP contribution in [-0.2, 0) is 9.53 Å². The Bertz CT molecular complexity index is 584. The molecule has 0 saturated carbocycles. The zero-order valence-electron chi connectivity index (χ0n) is 11.2. The van der Waals surface area contributed by atoms with Gasteiger partial charge in [-0.15, -0.1) is 0 Å². The first kappa shape index (κ1) is 14.0. The number of ether oxygens (including phenoxy) is 1. The maximum atomic E-state index is 13.3. The van der Waals surface area contributed by atoms with E-state index >= 15 is 0 Å². The molecular weight excluding hydrogens is 263 g/mol. The molecule has 0 spiro atoms. The molecule has 2 amide bonds. The van der Waals surface area contributed by atoms with Crippen molar-refractivity contribution in [1.82, 2.24) is 10.6 Å².